The zero-order chi connectivity index (χ0) is 109. The summed E-state index contributed by atoms with van der Waals surface area (Å²) in [6.45, 7) is 43.3. The Kier molecular flexibility index (Phi) is 35.8. The van der Waals surface area contributed by atoms with Gasteiger partial charge in [-0.05, 0) is 173 Å². The van der Waals surface area contributed by atoms with E-state index in [1.54, 1.807) is 0 Å². The van der Waals surface area contributed by atoms with Gasteiger partial charge in [-0.15, -0.1) is 0 Å². The standard InChI is InChI=1S/C22H24O4.C22H26O4.C21H22O4.C21H24O4.C20H22O4.C20H24O4/c1-11-12(2)16-10-9-15(11)19-20(16)22(26-14(4)24)18-8-6-5-7-17(18)21(19)25-13(3)23;1-5-15-11-12-16(6-2)20-19(15)21(25-13(3)23)17-9-7-8-10-18(17)22(20)26-14(4)24;1-10-11(2)17-9-16(10)18-19(17)21(25-13(4)23)15-8-6-5-7-14(15)20(18)24-12(3)22;1-5-14-11-15(6-2)19-18(14)20(24-12(3)22)16-9-7-8-10-17(16)21(19)25-13(4)23;1-11-9-17-18(10-12(11)2)20(24-14(4)22)16-8-6-5-7-15(16)19(17)23-13(3)21;1-5-9-15-16(10-6-2)20(24-14(4)22)18-12-8-7-11-17(18)19(15)23-13(3)21/h5-8,11-12,15-16H,9-10H2,1-4H3;7-10,15-16H,5-6,11-12H2,1-4H3;5-8,10-11,16-17H,9H2,1-4H3;7-10,14-15H,5-6,11H2,1-4H3;5-8,11-12H,9-10H2,1-4H3;7-8,11-12H,5-6,9-10H2,1-4H3/t11?,12?,15-,16+;;10?,11?,16-,17+;;;. The number of rotatable bonds is 20. The third-order valence-corrected chi connectivity index (χ3v) is 31.4. The predicted molar refractivity (Wildman–Crippen MR) is 581 cm³/mol. The third kappa shape index (κ3) is 23.1. The predicted octanol–water partition coefficient (Wildman–Crippen LogP) is 28.7. The average Bonchev–Trinajstić information content (AvgIpc) is 1.28. The Morgan fingerprint density at radius 3 is 0.593 bits per heavy atom. The molecule has 0 aromatic heterocycles. The molecule has 12 aromatic rings. The van der Waals surface area contributed by atoms with Crippen LogP contribution in [0.15, 0.2) is 146 Å². The lowest BCUT2D eigenvalue weighted by molar-refractivity contribution is -0.133. The first kappa shape index (κ1) is 111. The van der Waals surface area contributed by atoms with Crippen molar-refractivity contribution >= 4 is 136 Å². The van der Waals surface area contributed by atoms with Crippen molar-refractivity contribution in [2.75, 3.05) is 0 Å². The third-order valence-electron chi connectivity index (χ3n) is 31.4. The van der Waals surface area contributed by atoms with Crippen molar-refractivity contribution in [3.8, 4) is 69.0 Å². The Hall–Kier alpha value is -14.2. The first-order valence-corrected chi connectivity index (χ1v) is 53.3. The lowest BCUT2D eigenvalue weighted by Gasteiger charge is -2.48. The molecule has 10 unspecified atom stereocenters. The molecule has 0 aliphatic heterocycles. The van der Waals surface area contributed by atoms with Crippen molar-refractivity contribution in [2.24, 2.45) is 35.5 Å². The molecule has 0 saturated heterocycles. The van der Waals surface area contributed by atoms with Crippen molar-refractivity contribution in [2.45, 2.75) is 316 Å². The molecule has 8 aliphatic carbocycles. The van der Waals surface area contributed by atoms with Crippen molar-refractivity contribution in [1.82, 2.24) is 0 Å². The zero-order valence-electron chi connectivity index (χ0n) is 91.1. The molecular formula is C126H142O24. The molecule has 2 saturated carbocycles. The summed E-state index contributed by atoms with van der Waals surface area (Å²) in [5.74, 6) is 9.09. The fourth-order valence-corrected chi connectivity index (χ4v) is 24.7. The molecule has 0 N–H and O–H groups in total. The normalized spacial score (nSPS) is 20.3. The van der Waals surface area contributed by atoms with E-state index in [0.29, 0.717) is 152 Å². The van der Waals surface area contributed by atoms with Crippen molar-refractivity contribution in [1.29, 1.82) is 0 Å². The van der Waals surface area contributed by atoms with Crippen molar-refractivity contribution < 1.29 is 114 Å². The van der Waals surface area contributed by atoms with Gasteiger partial charge in [0.15, 0.2) is 0 Å². The first-order chi connectivity index (χ1) is 71.6. The Bertz CT molecular complexity index is 6540. The fourth-order valence-electron chi connectivity index (χ4n) is 24.7. The lowest BCUT2D eigenvalue weighted by atomic mass is 9.56. The lowest BCUT2D eigenvalue weighted by Crippen LogP contribution is -2.36. The van der Waals surface area contributed by atoms with Crippen LogP contribution >= 0.6 is 0 Å². The van der Waals surface area contributed by atoms with Crippen LogP contribution < -0.4 is 56.8 Å². The molecule has 14 atom stereocenters. The van der Waals surface area contributed by atoms with E-state index in [0.717, 1.165) is 234 Å². The number of carbonyl (C=O) groups is 12. The van der Waals surface area contributed by atoms with Crippen LogP contribution in [-0.2, 0) is 83.2 Å². The van der Waals surface area contributed by atoms with Crippen molar-refractivity contribution in [3.63, 3.8) is 0 Å². The molecule has 0 spiro atoms. The van der Waals surface area contributed by atoms with Crippen LogP contribution in [0.2, 0.25) is 0 Å². The van der Waals surface area contributed by atoms with E-state index >= 15 is 0 Å². The molecule has 24 heteroatoms. The van der Waals surface area contributed by atoms with Gasteiger partial charge in [0.25, 0.3) is 0 Å². The maximum atomic E-state index is 11.8. The summed E-state index contributed by atoms with van der Waals surface area (Å²) in [7, 11) is 0. The molecule has 12 aromatic carbocycles. The maximum absolute atomic E-state index is 11.8. The largest absolute Gasteiger partial charge is 0.426 e. The number of esters is 12. The number of ether oxygens (including phenoxy) is 12. The van der Waals surface area contributed by atoms with E-state index in [2.05, 4.69) is 83.1 Å². The number of hydrogen-bond donors (Lipinski definition) is 0. The topological polar surface area (TPSA) is 316 Å². The first-order valence-electron chi connectivity index (χ1n) is 53.3. The van der Waals surface area contributed by atoms with Crippen LogP contribution in [-0.4, -0.2) is 71.6 Å². The monoisotopic (exact) mass is 2040 g/mol. The second-order valence-corrected chi connectivity index (χ2v) is 41.3. The quantitative estimate of drug-likeness (QED) is 0.0505. The smallest absolute Gasteiger partial charge is 0.308 e. The summed E-state index contributed by atoms with van der Waals surface area (Å²) in [6.07, 6.45) is 15.0. The van der Waals surface area contributed by atoms with Gasteiger partial charge >= 0.3 is 71.6 Å². The fraction of sp³-hybridized carbons (Fsp3) is 0.429. The van der Waals surface area contributed by atoms with Gasteiger partial charge in [-0.3, -0.25) is 57.5 Å². The summed E-state index contributed by atoms with van der Waals surface area (Å²) in [4.78, 5) is 141. The summed E-state index contributed by atoms with van der Waals surface area (Å²) in [5.41, 5.74) is 12.4. The summed E-state index contributed by atoms with van der Waals surface area (Å²) < 4.78 is 68.0. The number of fused-ring (bicyclic) bond motifs is 16. The molecule has 0 radical (unpaired) electrons. The van der Waals surface area contributed by atoms with Gasteiger partial charge in [-0.1, -0.05) is 242 Å². The van der Waals surface area contributed by atoms with E-state index in [4.69, 9.17) is 56.8 Å². The number of carbonyl (C=O) groups excluding carboxylic acids is 12. The molecule has 2 fully saturated rings. The minimum absolute atomic E-state index is 0.293. The van der Waals surface area contributed by atoms with Crippen LogP contribution in [0.3, 0.4) is 0 Å². The second-order valence-electron chi connectivity index (χ2n) is 41.3. The molecule has 24 nitrogen and oxygen atoms in total. The zero-order valence-corrected chi connectivity index (χ0v) is 91.1. The van der Waals surface area contributed by atoms with Gasteiger partial charge in [0.1, 0.15) is 69.0 Å². The molecule has 4 bridgehead atoms. The van der Waals surface area contributed by atoms with E-state index in [1.165, 1.54) is 83.1 Å². The highest BCUT2D eigenvalue weighted by Crippen LogP contribution is 2.67. The molecule has 8 aliphatic rings. The summed E-state index contributed by atoms with van der Waals surface area (Å²) in [6, 6.07) is 46.0. The highest BCUT2D eigenvalue weighted by Gasteiger charge is 2.52. The van der Waals surface area contributed by atoms with Crippen LogP contribution in [0.5, 0.6) is 69.0 Å². The molecule has 150 heavy (non-hydrogen) atoms. The number of hydrogen-bond acceptors (Lipinski definition) is 24. The van der Waals surface area contributed by atoms with Crippen LogP contribution in [0.4, 0.5) is 0 Å². The Morgan fingerprint density at radius 2 is 0.387 bits per heavy atom. The molecule has 790 valence electrons. The van der Waals surface area contributed by atoms with Crippen LogP contribution in [0.25, 0.3) is 64.6 Å². The average molecular weight is 2040 g/mol. The van der Waals surface area contributed by atoms with Crippen molar-refractivity contribution in [3.05, 3.63) is 212 Å². The highest BCUT2D eigenvalue weighted by atomic mass is 16.6. The van der Waals surface area contributed by atoms with Gasteiger partial charge in [0.2, 0.25) is 0 Å². The Morgan fingerprint density at radius 1 is 0.213 bits per heavy atom. The maximum Gasteiger partial charge on any atom is 0.308 e. The van der Waals surface area contributed by atoms with E-state index < -0.39 is 0 Å². The van der Waals surface area contributed by atoms with Gasteiger partial charge in [0, 0.05) is 214 Å². The Balaban J connectivity index is 0.000000142. The van der Waals surface area contributed by atoms with Gasteiger partial charge in [0.05, 0.1) is 0 Å². The summed E-state index contributed by atoms with van der Waals surface area (Å²) in [5, 5.41) is 9.86. The second kappa shape index (κ2) is 48.2. The molecule has 20 rings (SSSR count). The summed E-state index contributed by atoms with van der Waals surface area (Å²) >= 11 is 0. The molecule has 0 amide bonds. The number of benzene rings is 12. The Labute approximate surface area is 878 Å². The van der Waals surface area contributed by atoms with E-state index in [-0.39, 0.29) is 71.6 Å². The van der Waals surface area contributed by atoms with Gasteiger partial charge < -0.3 is 56.8 Å². The molecule has 0 heterocycles. The minimum atomic E-state index is -0.347. The SMILES string of the molecule is CC(=O)Oc1c2c(c(OC(C)=O)c3ccccc13)CC(C)C(C)C2.CC(=O)Oc1c2c(c(OC(C)=O)c3ccccc13)[C@@H]1CC[C@H]2C(C)C1C.CC(=O)Oc1c2c(c(OC(C)=O)c3ccccc13)[C@@H]1C[C@H]2C(C)C1C.CCC1CC(CC)c2c1c(OC(C)=O)c1ccccc1c2OC(C)=O.CCC1CCC(CC)c2c1c(OC(C)=O)c1ccccc1c2OC(C)=O.CCCc1c(CCC)c(OC(C)=O)c2ccccc2c1OC(C)=O. The highest BCUT2D eigenvalue weighted by molar-refractivity contribution is 6.06. The van der Waals surface area contributed by atoms with Crippen LogP contribution in [0, 0.1) is 35.5 Å². The van der Waals surface area contributed by atoms with Gasteiger partial charge in [-0.2, -0.15) is 0 Å². The molecular weight excluding hydrogens is 1900 g/mol. The van der Waals surface area contributed by atoms with Crippen LogP contribution in [0.1, 0.15) is 357 Å². The van der Waals surface area contributed by atoms with E-state index in [1.807, 2.05) is 146 Å². The van der Waals surface area contributed by atoms with E-state index in [9.17, 15) is 57.5 Å². The minimum Gasteiger partial charge on any atom is -0.426 e. The van der Waals surface area contributed by atoms with Gasteiger partial charge in [-0.25, -0.2) is 0 Å².